The van der Waals surface area contributed by atoms with E-state index >= 15 is 0 Å². The molecule has 0 heterocycles. The Morgan fingerprint density at radius 1 is 1.03 bits per heavy atom. The first kappa shape index (κ1) is 22.7. The highest BCUT2D eigenvalue weighted by Crippen LogP contribution is 2.24. The van der Waals surface area contributed by atoms with Crippen molar-refractivity contribution in [3.05, 3.63) is 99.6 Å². The van der Waals surface area contributed by atoms with Gasteiger partial charge in [0.25, 0.3) is 11.6 Å². The topological polar surface area (TPSA) is 132 Å². The molecule has 0 atom stereocenters. The van der Waals surface area contributed by atoms with E-state index in [4.69, 9.17) is 9.47 Å². The number of anilines is 1. The first-order chi connectivity index (χ1) is 15.9. The fraction of sp³-hybridized carbons (Fsp3) is 0.0417. The lowest BCUT2D eigenvalue weighted by molar-refractivity contribution is -0.385. The molecule has 0 unspecified atom stereocenters. The van der Waals surface area contributed by atoms with Crippen LogP contribution in [0.2, 0.25) is 0 Å². The zero-order chi connectivity index (χ0) is 23.8. The van der Waals surface area contributed by atoms with Crippen LogP contribution in [0.5, 0.6) is 11.5 Å². The first-order valence-corrected chi connectivity index (χ1v) is 9.54. The Labute approximate surface area is 188 Å². The van der Waals surface area contributed by atoms with Crippen LogP contribution in [0, 0.1) is 21.4 Å². The molecule has 0 saturated heterocycles. The lowest BCUT2D eigenvalue weighted by Crippen LogP contribution is -2.14. The summed E-state index contributed by atoms with van der Waals surface area (Å²) in [5.41, 5.74) is 0.245. The Morgan fingerprint density at radius 3 is 2.36 bits per heavy atom. The Hall–Kier alpha value is -4.97. The molecule has 3 aromatic rings. The Morgan fingerprint density at radius 2 is 1.70 bits per heavy atom. The maximum Gasteiger partial charge on any atom is 0.350 e. The van der Waals surface area contributed by atoms with Crippen LogP contribution in [0.3, 0.4) is 0 Å². The number of benzene rings is 3. The molecular weight excluding hydrogens is 426 g/mol. The molecule has 3 aromatic carbocycles. The summed E-state index contributed by atoms with van der Waals surface area (Å²) in [6, 6.07) is 20.1. The van der Waals surface area contributed by atoms with Crippen molar-refractivity contribution in [2.24, 2.45) is 0 Å². The number of hydrogen-bond donors (Lipinski definition) is 1. The van der Waals surface area contributed by atoms with Gasteiger partial charge in [0.1, 0.15) is 28.7 Å². The monoisotopic (exact) mass is 443 g/mol. The molecule has 0 spiro atoms. The number of amides is 1. The van der Waals surface area contributed by atoms with Gasteiger partial charge in [0.15, 0.2) is 0 Å². The molecule has 0 aliphatic rings. The quantitative estimate of drug-likeness (QED) is 0.143. The van der Waals surface area contributed by atoms with E-state index in [-0.39, 0.29) is 22.6 Å². The van der Waals surface area contributed by atoms with Crippen molar-refractivity contribution >= 4 is 29.3 Å². The molecule has 0 radical (unpaired) electrons. The zero-order valence-electron chi connectivity index (χ0n) is 17.3. The standard InChI is InChI=1S/C24H17N3O6/c1-32-22-9-5-3-7-20(22)26-23(28)17(15-25)14-16-10-12-18(13-11-16)33-24(29)19-6-2-4-8-21(19)27(30)31/h2-14H,1H3,(H,26,28)/b17-14+. The van der Waals surface area contributed by atoms with E-state index in [1.54, 1.807) is 24.3 Å². The van der Waals surface area contributed by atoms with Crippen LogP contribution in [0.15, 0.2) is 78.4 Å². The zero-order valence-corrected chi connectivity index (χ0v) is 17.3. The second-order valence-corrected chi connectivity index (χ2v) is 6.56. The molecule has 0 fully saturated rings. The SMILES string of the molecule is COc1ccccc1NC(=O)/C(C#N)=C/c1ccc(OC(=O)c2ccccc2[N+](=O)[O-])cc1. The highest BCUT2D eigenvalue weighted by Gasteiger charge is 2.21. The fourth-order valence-electron chi connectivity index (χ4n) is 2.85. The number of esters is 1. The summed E-state index contributed by atoms with van der Waals surface area (Å²) in [6.45, 7) is 0. The third kappa shape index (κ3) is 5.59. The van der Waals surface area contributed by atoms with E-state index in [2.05, 4.69) is 5.32 Å². The Balaban J connectivity index is 1.73. The number of ether oxygens (including phenoxy) is 2. The molecule has 9 nitrogen and oxygen atoms in total. The average molecular weight is 443 g/mol. The summed E-state index contributed by atoms with van der Waals surface area (Å²) < 4.78 is 10.4. The third-order valence-corrected chi connectivity index (χ3v) is 4.44. The Kier molecular flexibility index (Phi) is 7.13. The van der Waals surface area contributed by atoms with Crippen LogP contribution in [-0.4, -0.2) is 23.9 Å². The minimum atomic E-state index is -0.875. The van der Waals surface area contributed by atoms with Crippen LogP contribution in [0.25, 0.3) is 6.08 Å². The molecule has 3 rings (SSSR count). The summed E-state index contributed by atoms with van der Waals surface area (Å²) in [7, 11) is 1.47. The van der Waals surface area contributed by atoms with Crippen molar-refractivity contribution < 1.29 is 24.0 Å². The minimum Gasteiger partial charge on any atom is -0.495 e. The van der Waals surface area contributed by atoms with Crippen LogP contribution in [0.4, 0.5) is 11.4 Å². The van der Waals surface area contributed by atoms with Gasteiger partial charge in [0.2, 0.25) is 0 Å². The number of hydrogen-bond acceptors (Lipinski definition) is 7. The predicted octanol–water partition coefficient (Wildman–Crippen LogP) is 4.37. The van der Waals surface area contributed by atoms with Crippen molar-refractivity contribution in [2.75, 3.05) is 12.4 Å². The molecule has 0 aromatic heterocycles. The van der Waals surface area contributed by atoms with Crippen molar-refractivity contribution in [1.82, 2.24) is 0 Å². The molecule has 0 bridgehead atoms. The summed E-state index contributed by atoms with van der Waals surface area (Å²) in [5, 5.41) is 23.1. The summed E-state index contributed by atoms with van der Waals surface area (Å²) in [4.78, 5) is 35.2. The van der Waals surface area contributed by atoms with Gasteiger partial charge in [0.05, 0.1) is 17.7 Å². The van der Waals surface area contributed by atoms with Crippen LogP contribution < -0.4 is 14.8 Å². The van der Waals surface area contributed by atoms with E-state index in [9.17, 15) is 25.0 Å². The van der Waals surface area contributed by atoms with Gasteiger partial charge < -0.3 is 14.8 Å². The maximum absolute atomic E-state index is 12.5. The molecule has 33 heavy (non-hydrogen) atoms. The van der Waals surface area contributed by atoms with Crippen molar-refractivity contribution in [1.29, 1.82) is 5.26 Å². The van der Waals surface area contributed by atoms with Gasteiger partial charge in [-0.2, -0.15) is 5.26 Å². The predicted molar refractivity (Wildman–Crippen MR) is 120 cm³/mol. The average Bonchev–Trinajstić information content (AvgIpc) is 2.83. The third-order valence-electron chi connectivity index (χ3n) is 4.44. The van der Waals surface area contributed by atoms with Crippen molar-refractivity contribution in [3.63, 3.8) is 0 Å². The molecule has 164 valence electrons. The minimum absolute atomic E-state index is 0.146. The molecule has 1 N–H and O–H groups in total. The molecule has 0 aliphatic carbocycles. The smallest absolute Gasteiger partial charge is 0.350 e. The van der Waals surface area contributed by atoms with Gasteiger partial charge in [-0.05, 0) is 42.0 Å². The Bertz CT molecular complexity index is 1280. The second kappa shape index (κ2) is 10.4. The van der Waals surface area contributed by atoms with Gasteiger partial charge in [-0.25, -0.2) is 4.79 Å². The number of rotatable bonds is 7. The first-order valence-electron chi connectivity index (χ1n) is 9.54. The summed E-state index contributed by atoms with van der Waals surface area (Å²) in [6.07, 6.45) is 1.37. The molecule has 1 amide bonds. The number of nitro groups is 1. The molecule has 9 heteroatoms. The number of nitro benzene ring substituents is 1. The lowest BCUT2D eigenvalue weighted by atomic mass is 10.1. The molecule has 0 saturated carbocycles. The van der Waals surface area contributed by atoms with Gasteiger partial charge in [-0.15, -0.1) is 0 Å². The highest BCUT2D eigenvalue weighted by atomic mass is 16.6. The number of methoxy groups -OCH3 is 1. The number of nitriles is 1. The second-order valence-electron chi connectivity index (χ2n) is 6.56. The van der Waals surface area contributed by atoms with Gasteiger partial charge >= 0.3 is 5.97 Å². The number of nitrogens with zero attached hydrogens (tertiary/aromatic N) is 2. The van der Waals surface area contributed by atoms with Crippen LogP contribution in [0.1, 0.15) is 15.9 Å². The van der Waals surface area contributed by atoms with E-state index in [1.807, 2.05) is 6.07 Å². The van der Waals surface area contributed by atoms with E-state index < -0.39 is 16.8 Å². The lowest BCUT2D eigenvalue weighted by Gasteiger charge is -2.09. The number of para-hydroxylation sites is 3. The normalized spacial score (nSPS) is 10.6. The number of carbonyl (C=O) groups is 2. The van der Waals surface area contributed by atoms with Gasteiger partial charge in [0, 0.05) is 6.07 Å². The summed E-state index contributed by atoms with van der Waals surface area (Å²) in [5.74, 6) is -0.895. The largest absolute Gasteiger partial charge is 0.495 e. The van der Waals surface area contributed by atoms with Crippen LogP contribution in [-0.2, 0) is 4.79 Å². The van der Waals surface area contributed by atoms with Crippen LogP contribution >= 0.6 is 0 Å². The van der Waals surface area contributed by atoms with Gasteiger partial charge in [-0.3, -0.25) is 14.9 Å². The van der Waals surface area contributed by atoms with Crippen molar-refractivity contribution in [2.45, 2.75) is 0 Å². The van der Waals surface area contributed by atoms with E-state index in [0.29, 0.717) is 17.0 Å². The summed E-state index contributed by atoms with van der Waals surface area (Å²) >= 11 is 0. The number of nitrogens with one attached hydrogen (secondary N) is 1. The van der Waals surface area contributed by atoms with E-state index in [1.165, 1.54) is 61.7 Å². The number of carbonyl (C=O) groups excluding carboxylic acids is 2. The highest BCUT2D eigenvalue weighted by molar-refractivity contribution is 6.10. The molecule has 0 aliphatic heterocycles. The van der Waals surface area contributed by atoms with E-state index in [0.717, 1.165) is 0 Å². The maximum atomic E-state index is 12.5. The van der Waals surface area contributed by atoms with Crippen molar-refractivity contribution in [3.8, 4) is 17.6 Å². The molecular formula is C24H17N3O6. The fourth-order valence-corrected chi connectivity index (χ4v) is 2.85. The van der Waals surface area contributed by atoms with Gasteiger partial charge in [-0.1, -0.05) is 36.4 Å².